The smallest absolute Gasteiger partial charge is 0.308 e. The summed E-state index contributed by atoms with van der Waals surface area (Å²) in [4.78, 5) is 29.1. The summed E-state index contributed by atoms with van der Waals surface area (Å²) in [6.07, 6.45) is 1.74. The maximum atomic E-state index is 12.8. The molecule has 0 N–H and O–H groups in total. The largest absolute Gasteiger partial charge is 0.424 e. The van der Waals surface area contributed by atoms with E-state index in [2.05, 4.69) is 20.9 Å². The molecule has 4 aromatic rings. The molecule has 2 aromatic carbocycles. The van der Waals surface area contributed by atoms with Crippen LogP contribution in [0.3, 0.4) is 0 Å². The molecule has 0 atom stereocenters. The van der Waals surface area contributed by atoms with E-state index in [0.29, 0.717) is 19.5 Å². The van der Waals surface area contributed by atoms with E-state index >= 15 is 0 Å². The van der Waals surface area contributed by atoms with Crippen molar-refractivity contribution in [2.45, 2.75) is 6.92 Å². The summed E-state index contributed by atoms with van der Waals surface area (Å²) in [5.74, 6) is -0.205. The van der Waals surface area contributed by atoms with Crippen LogP contribution in [0.15, 0.2) is 45.7 Å². The number of hydrogen-bond donors (Lipinski definition) is 0. The Bertz CT molecular complexity index is 1270. The first kappa shape index (κ1) is 17.2. The quantitative estimate of drug-likeness (QED) is 0.345. The van der Waals surface area contributed by atoms with Gasteiger partial charge < -0.3 is 4.74 Å². The third-order valence-electron chi connectivity index (χ3n) is 3.71. The first-order chi connectivity index (χ1) is 12.4. The molecule has 0 aliphatic carbocycles. The van der Waals surface area contributed by atoms with E-state index in [1.54, 1.807) is 22.6 Å². The van der Waals surface area contributed by atoms with Gasteiger partial charge in [-0.2, -0.15) is 0 Å². The van der Waals surface area contributed by atoms with Gasteiger partial charge in [0.1, 0.15) is 0 Å². The summed E-state index contributed by atoms with van der Waals surface area (Å²) < 4.78 is 7.77. The van der Waals surface area contributed by atoms with Gasteiger partial charge >= 0.3 is 5.97 Å². The lowest BCUT2D eigenvalue weighted by Crippen LogP contribution is -2.22. The van der Waals surface area contributed by atoms with E-state index in [9.17, 15) is 9.59 Å². The minimum Gasteiger partial charge on any atom is -0.424 e. The highest BCUT2D eigenvalue weighted by molar-refractivity contribution is 9.10. The third-order valence-corrected chi connectivity index (χ3v) is 5.55. The highest BCUT2D eigenvalue weighted by Crippen LogP contribution is 2.34. The summed E-state index contributed by atoms with van der Waals surface area (Å²) in [6.45, 7) is 1.30. The molecule has 0 saturated carbocycles. The number of fused-ring (bicyclic) bond motifs is 3. The molecule has 130 valence electrons. The first-order valence-corrected chi connectivity index (χ1v) is 9.52. The lowest BCUT2D eigenvalue weighted by atomic mass is 10.2. The zero-order valence-electron chi connectivity index (χ0n) is 13.3. The van der Waals surface area contributed by atoms with E-state index in [1.807, 2.05) is 24.3 Å². The number of imidazole rings is 1. The molecule has 26 heavy (non-hydrogen) atoms. The summed E-state index contributed by atoms with van der Waals surface area (Å²) in [5.41, 5.74) is 2.16. The highest BCUT2D eigenvalue weighted by Gasteiger charge is 2.13. The van der Waals surface area contributed by atoms with Gasteiger partial charge in [0.15, 0.2) is 10.7 Å². The van der Waals surface area contributed by atoms with Gasteiger partial charge in [0.2, 0.25) is 0 Å². The molecule has 0 aliphatic heterocycles. The van der Waals surface area contributed by atoms with Crippen molar-refractivity contribution in [3.05, 3.63) is 66.3 Å². The van der Waals surface area contributed by atoms with Crippen molar-refractivity contribution >= 4 is 66.9 Å². The van der Waals surface area contributed by atoms with Crippen LogP contribution in [-0.4, -0.2) is 15.4 Å². The number of halogens is 2. The number of benzene rings is 2. The number of carbonyl (C=O) groups is 1. The lowest BCUT2D eigenvalue weighted by Gasteiger charge is -2.07. The Balaban J connectivity index is 1.88. The zero-order chi connectivity index (χ0) is 18.4. The van der Waals surface area contributed by atoms with Gasteiger partial charge in [-0.15, -0.1) is 0 Å². The third kappa shape index (κ3) is 2.92. The topological polar surface area (TPSA) is 60.7 Å². The van der Waals surface area contributed by atoms with E-state index in [1.165, 1.54) is 18.3 Å². The average Bonchev–Trinajstić information content (AvgIpc) is 3.08. The van der Waals surface area contributed by atoms with Crippen molar-refractivity contribution in [3.63, 3.8) is 0 Å². The van der Waals surface area contributed by atoms with Gasteiger partial charge in [0, 0.05) is 6.92 Å². The van der Waals surface area contributed by atoms with Crippen molar-refractivity contribution in [2.24, 2.45) is 0 Å². The van der Waals surface area contributed by atoms with Crippen molar-refractivity contribution in [1.29, 1.82) is 0 Å². The molecule has 5 nitrogen and oxygen atoms in total. The summed E-state index contributed by atoms with van der Waals surface area (Å²) >= 11 is 10.9. The monoisotopic (exact) mass is 448 g/mol. The second-order valence-electron chi connectivity index (χ2n) is 5.54. The van der Waals surface area contributed by atoms with Gasteiger partial charge in [0.25, 0.3) is 5.56 Å². The van der Waals surface area contributed by atoms with Gasteiger partial charge in [-0.1, -0.05) is 35.1 Å². The average molecular weight is 450 g/mol. The molecule has 0 aliphatic rings. The van der Waals surface area contributed by atoms with E-state index < -0.39 is 5.97 Å². The molecule has 0 radical (unpaired) electrons. The fourth-order valence-electron chi connectivity index (χ4n) is 2.67. The van der Waals surface area contributed by atoms with Gasteiger partial charge in [-0.25, -0.2) is 9.38 Å². The number of hydrogen-bond acceptors (Lipinski definition) is 5. The Morgan fingerprint density at radius 1 is 1.35 bits per heavy atom. The molecule has 4 rings (SSSR count). The van der Waals surface area contributed by atoms with E-state index in [0.717, 1.165) is 11.0 Å². The number of ether oxygens (including phenoxy) is 1. The summed E-state index contributed by atoms with van der Waals surface area (Å²) in [5, 5.41) is 0.278. The van der Waals surface area contributed by atoms with Crippen LogP contribution in [0.1, 0.15) is 12.5 Å². The second kappa shape index (κ2) is 6.50. The summed E-state index contributed by atoms with van der Waals surface area (Å²) in [7, 11) is 0. The van der Waals surface area contributed by atoms with Crippen LogP contribution < -0.4 is 14.8 Å². The Kier molecular flexibility index (Phi) is 4.30. The van der Waals surface area contributed by atoms with Crippen molar-refractivity contribution in [1.82, 2.24) is 9.38 Å². The van der Waals surface area contributed by atoms with Crippen molar-refractivity contribution < 1.29 is 9.53 Å². The SMILES string of the molecule is CC(=O)Oc1c(Cl)cc(/C=c2\sc3nc4ccccc4n3c2=O)cc1Br. The predicted molar refractivity (Wildman–Crippen MR) is 106 cm³/mol. The first-order valence-electron chi connectivity index (χ1n) is 7.53. The summed E-state index contributed by atoms with van der Waals surface area (Å²) in [6, 6.07) is 10.9. The van der Waals surface area contributed by atoms with Crippen LogP contribution >= 0.6 is 38.9 Å². The minimum absolute atomic E-state index is 0.130. The highest BCUT2D eigenvalue weighted by atomic mass is 79.9. The van der Waals surface area contributed by atoms with E-state index in [-0.39, 0.29) is 16.3 Å². The van der Waals surface area contributed by atoms with Crippen LogP contribution in [0.4, 0.5) is 0 Å². The van der Waals surface area contributed by atoms with Crippen molar-refractivity contribution in [3.8, 4) is 5.75 Å². The van der Waals surface area contributed by atoms with Gasteiger partial charge in [0.05, 0.1) is 25.1 Å². The fraction of sp³-hybridized carbons (Fsp3) is 0.0556. The fourth-order valence-corrected chi connectivity index (χ4v) is 4.59. The number of thiazole rings is 1. The van der Waals surface area contributed by atoms with Gasteiger partial charge in [-0.3, -0.25) is 9.59 Å². The maximum absolute atomic E-state index is 12.8. The van der Waals surface area contributed by atoms with E-state index in [4.69, 9.17) is 16.3 Å². The molecule has 0 saturated heterocycles. The normalized spacial score (nSPS) is 12.2. The molecule has 0 unspecified atom stereocenters. The number of aromatic nitrogens is 2. The number of esters is 1. The van der Waals surface area contributed by atoms with Crippen LogP contribution in [0.5, 0.6) is 5.75 Å². The van der Waals surface area contributed by atoms with Crippen LogP contribution in [0, 0.1) is 0 Å². The molecule has 2 aromatic heterocycles. The maximum Gasteiger partial charge on any atom is 0.308 e. The molecule has 8 heteroatoms. The second-order valence-corrected chi connectivity index (χ2v) is 7.81. The molecule has 2 heterocycles. The number of para-hydroxylation sites is 2. The zero-order valence-corrected chi connectivity index (χ0v) is 16.5. The molecule has 0 bridgehead atoms. The predicted octanol–water partition coefficient (Wildman–Crippen LogP) is 3.80. The Hall–Kier alpha value is -2.22. The molecular formula is C18H10BrClN2O3S. The molecule has 0 fully saturated rings. The number of rotatable bonds is 2. The van der Waals surface area contributed by atoms with Gasteiger partial charge in [-0.05, 0) is 51.8 Å². The Labute approximate surface area is 164 Å². The molecule has 0 spiro atoms. The number of nitrogens with zero attached hydrogens (tertiary/aromatic N) is 2. The molecular weight excluding hydrogens is 440 g/mol. The van der Waals surface area contributed by atoms with Crippen LogP contribution in [0.2, 0.25) is 5.02 Å². The van der Waals surface area contributed by atoms with Crippen LogP contribution in [0.25, 0.3) is 22.1 Å². The Morgan fingerprint density at radius 2 is 2.12 bits per heavy atom. The molecule has 0 amide bonds. The van der Waals surface area contributed by atoms with Crippen molar-refractivity contribution in [2.75, 3.05) is 0 Å². The lowest BCUT2D eigenvalue weighted by molar-refractivity contribution is -0.131. The van der Waals surface area contributed by atoms with Crippen LogP contribution in [-0.2, 0) is 4.79 Å². The minimum atomic E-state index is -0.461. The standard InChI is InChI=1S/C18H10BrClN2O3S/c1-9(23)25-16-11(19)6-10(7-12(16)20)8-15-17(24)22-14-5-3-2-4-13(14)21-18(22)26-15/h2-8H,1H3/b15-8-. The number of carbonyl (C=O) groups excluding carboxylic acids is 1. The Morgan fingerprint density at radius 3 is 2.85 bits per heavy atom.